The van der Waals surface area contributed by atoms with Crippen LogP contribution in [-0.4, -0.2) is 28.4 Å². The Balaban J connectivity index is 0.00000208. The molecule has 1 aliphatic rings. The highest BCUT2D eigenvalue weighted by molar-refractivity contribution is 8.00. The second kappa shape index (κ2) is 7.95. The predicted octanol–water partition coefficient (Wildman–Crippen LogP) is 4.32. The number of thioether (sulfide) groups is 1. The van der Waals surface area contributed by atoms with E-state index in [0.29, 0.717) is 16.5 Å². The zero-order chi connectivity index (χ0) is 16.4. The van der Waals surface area contributed by atoms with Crippen molar-refractivity contribution in [3.8, 4) is 0 Å². The molecule has 3 rings (SSSR count). The Labute approximate surface area is 154 Å². The number of halogens is 1. The minimum Gasteiger partial charge on any atom is -0.399 e. The van der Waals surface area contributed by atoms with Crippen LogP contribution in [0.3, 0.4) is 0 Å². The molecule has 1 amide bonds. The number of nitrogens with two attached hydrogens (primary N) is 1. The van der Waals surface area contributed by atoms with Gasteiger partial charge in [0.15, 0.2) is 0 Å². The van der Waals surface area contributed by atoms with Gasteiger partial charge in [-0.05, 0) is 30.2 Å². The first kappa shape index (κ1) is 18.7. The number of hydrogen-bond donors (Lipinski definition) is 1. The molecule has 24 heavy (non-hydrogen) atoms. The number of rotatable bonds is 2. The molecule has 0 spiro atoms. The molecule has 0 radical (unpaired) electrons. The van der Waals surface area contributed by atoms with Crippen LogP contribution in [0.2, 0.25) is 0 Å². The van der Waals surface area contributed by atoms with E-state index in [1.54, 1.807) is 6.07 Å². The van der Waals surface area contributed by atoms with Crippen molar-refractivity contribution in [3.05, 3.63) is 65.2 Å². The number of amides is 1. The minimum atomic E-state index is 0. The van der Waals surface area contributed by atoms with E-state index in [2.05, 4.69) is 19.1 Å². The summed E-state index contributed by atoms with van der Waals surface area (Å²) in [5.41, 5.74) is 9.41. The second-order valence-corrected chi connectivity index (χ2v) is 7.49. The van der Waals surface area contributed by atoms with Crippen molar-refractivity contribution in [2.45, 2.75) is 25.1 Å². The SMILES string of the molecule is Cc1ccc(N)cc1C(=O)N1CCSC(C)C1c1ccccc1.Cl. The number of nitrogen functional groups attached to an aromatic ring is 1. The van der Waals surface area contributed by atoms with E-state index in [9.17, 15) is 4.79 Å². The topological polar surface area (TPSA) is 46.3 Å². The molecule has 2 N–H and O–H groups in total. The Hall–Kier alpha value is -1.65. The number of carbonyl (C=O) groups excluding carboxylic acids is 1. The third-order valence-corrected chi connectivity index (χ3v) is 5.59. The van der Waals surface area contributed by atoms with Crippen LogP contribution in [0, 0.1) is 6.92 Å². The fourth-order valence-electron chi connectivity index (χ4n) is 3.17. The summed E-state index contributed by atoms with van der Waals surface area (Å²) < 4.78 is 0. The first-order valence-corrected chi connectivity index (χ1v) is 8.96. The quantitative estimate of drug-likeness (QED) is 0.809. The Morgan fingerprint density at radius 1 is 1.21 bits per heavy atom. The van der Waals surface area contributed by atoms with Gasteiger partial charge in [-0.2, -0.15) is 11.8 Å². The normalized spacial score (nSPS) is 20.3. The van der Waals surface area contributed by atoms with E-state index in [4.69, 9.17) is 5.73 Å². The highest BCUT2D eigenvalue weighted by atomic mass is 35.5. The number of nitrogens with zero attached hydrogens (tertiary/aromatic N) is 1. The van der Waals surface area contributed by atoms with Crippen molar-refractivity contribution >= 4 is 35.8 Å². The van der Waals surface area contributed by atoms with Crippen LogP contribution in [0.1, 0.15) is 34.5 Å². The maximum absolute atomic E-state index is 13.2. The number of benzene rings is 2. The summed E-state index contributed by atoms with van der Waals surface area (Å²) in [7, 11) is 0. The van der Waals surface area contributed by atoms with Crippen LogP contribution < -0.4 is 5.73 Å². The van der Waals surface area contributed by atoms with Crippen LogP contribution >= 0.6 is 24.2 Å². The van der Waals surface area contributed by atoms with Gasteiger partial charge in [0.2, 0.25) is 0 Å². The van der Waals surface area contributed by atoms with E-state index < -0.39 is 0 Å². The van der Waals surface area contributed by atoms with Crippen LogP contribution in [0.4, 0.5) is 5.69 Å². The van der Waals surface area contributed by atoms with Gasteiger partial charge in [-0.3, -0.25) is 4.79 Å². The number of carbonyl (C=O) groups is 1. The standard InChI is InChI=1S/C19H22N2OS.ClH/c1-13-8-9-16(20)12-17(13)19(22)21-10-11-23-14(2)18(21)15-6-4-3-5-7-15;/h3-9,12,14,18H,10-11,20H2,1-2H3;1H. The van der Waals surface area contributed by atoms with Gasteiger partial charge in [-0.25, -0.2) is 0 Å². The van der Waals surface area contributed by atoms with Gasteiger partial charge in [0.05, 0.1) is 6.04 Å². The first-order chi connectivity index (χ1) is 11.1. The monoisotopic (exact) mass is 362 g/mol. The third-order valence-electron chi connectivity index (χ3n) is 4.39. The van der Waals surface area contributed by atoms with Crippen LogP contribution in [0.5, 0.6) is 0 Å². The van der Waals surface area contributed by atoms with E-state index >= 15 is 0 Å². The lowest BCUT2D eigenvalue weighted by atomic mass is 9.99. The summed E-state index contributed by atoms with van der Waals surface area (Å²) >= 11 is 1.93. The molecule has 1 heterocycles. The molecule has 3 nitrogen and oxygen atoms in total. The molecular formula is C19H23ClN2OS. The fourth-order valence-corrected chi connectivity index (χ4v) is 4.33. The van der Waals surface area contributed by atoms with Gasteiger partial charge in [0.25, 0.3) is 5.91 Å². The van der Waals surface area contributed by atoms with Crippen molar-refractivity contribution in [1.29, 1.82) is 0 Å². The molecule has 2 aromatic carbocycles. The van der Waals surface area contributed by atoms with Crippen molar-refractivity contribution in [3.63, 3.8) is 0 Å². The summed E-state index contributed by atoms with van der Waals surface area (Å²) in [6.07, 6.45) is 0. The smallest absolute Gasteiger partial charge is 0.254 e. The number of hydrogen-bond acceptors (Lipinski definition) is 3. The Morgan fingerprint density at radius 3 is 2.62 bits per heavy atom. The molecule has 0 saturated carbocycles. The van der Waals surface area contributed by atoms with Gasteiger partial charge in [0.1, 0.15) is 0 Å². The second-order valence-electron chi connectivity index (χ2n) is 6.00. The molecular weight excluding hydrogens is 340 g/mol. The third kappa shape index (κ3) is 3.70. The van der Waals surface area contributed by atoms with E-state index in [0.717, 1.165) is 17.9 Å². The van der Waals surface area contributed by atoms with Gasteiger partial charge in [-0.15, -0.1) is 12.4 Å². The molecule has 0 aromatic heterocycles. The van der Waals surface area contributed by atoms with E-state index in [1.807, 2.05) is 53.9 Å². The Kier molecular flexibility index (Phi) is 6.19. The molecule has 5 heteroatoms. The maximum Gasteiger partial charge on any atom is 0.254 e. The largest absolute Gasteiger partial charge is 0.399 e. The summed E-state index contributed by atoms with van der Waals surface area (Å²) in [5, 5.41) is 0.372. The number of anilines is 1. The van der Waals surface area contributed by atoms with E-state index in [1.165, 1.54) is 5.56 Å². The van der Waals surface area contributed by atoms with Gasteiger partial charge >= 0.3 is 0 Å². The number of aryl methyl sites for hydroxylation is 1. The van der Waals surface area contributed by atoms with Gasteiger partial charge < -0.3 is 10.6 Å². The molecule has 1 saturated heterocycles. The summed E-state index contributed by atoms with van der Waals surface area (Å²) in [4.78, 5) is 15.2. The summed E-state index contributed by atoms with van der Waals surface area (Å²) in [6, 6.07) is 16.0. The molecule has 1 aliphatic heterocycles. The lowest BCUT2D eigenvalue weighted by Gasteiger charge is -2.40. The molecule has 2 aromatic rings. The zero-order valence-electron chi connectivity index (χ0n) is 13.9. The molecule has 2 atom stereocenters. The minimum absolute atomic E-state index is 0. The highest BCUT2D eigenvalue weighted by Crippen LogP contribution is 2.37. The Morgan fingerprint density at radius 2 is 1.92 bits per heavy atom. The van der Waals surface area contributed by atoms with Crippen molar-refractivity contribution < 1.29 is 4.79 Å². The fraction of sp³-hybridized carbons (Fsp3) is 0.316. The zero-order valence-corrected chi connectivity index (χ0v) is 15.6. The predicted molar refractivity (Wildman–Crippen MR) is 105 cm³/mol. The van der Waals surface area contributed by atoms with Crippen molar-refractivity contribution in [1.82, 2.24) is 4.90 Å². The first-order valence-electron chi connectivity index (χ1n) is 7.91. The highest BCUT2D eigenvalue weighted by Gasteiger charge is 2.34. The van der Waals surface area contributed by atoms with Gasteiger partial charge in [-0.1, -0.05) is 43.3 Å². The van der Waals surface area contributed by atoms with Crippen molar-refractivity contribution in [2.24, 2.45) is 0 Å². The van der Waals surface area contributed by atoms with Gasteiger partial charge in [0, 0.05) is 28.8 Å². The molecule has 0 bridgehead atoms. The van der Waals surface area contributed by atoms with Crippen LogP contribution in [-0.2, 0) is 0 Å². The van der Waals surface area contributed by atoms with Crippen LogP contribution in [0.15, 0.2) is 48.5 Å². The maximum atomic E-state index is 13.2. The lowest BCUT2D eigenvalue weighted by Crippen LogP contribution is -2.44. The summed E-state index contributed by atoms with van der Waals surface area (Å²) in [6.45, 7) is 4.93. The summed E-state index contributed by atoms with van der Waals surface area (Å²) in [5.74, 6) is 1.05. The van der Waals surface area contributed by atoms with E-state index in [-0.39, 0.29) is 24.4 Å². The lowest BCUT2D eigenvalue weighted by molar-refractivity contribution is 0.0680. The Bertz CT molecular complexity index is 708. The molecule has 128 valence electrons. The van der Waals surface area contributed by atoms with Crippen LogP contribution in [0.25, 0.3) is 0 Å². The molecule has 0 aliphatic carbocycles. The average Bonchev–Trinajstić information content (AvgIpc) is 2.57. The molecule has 1 fully saturated rings. The average molecular weight is 363 g/mol. The molecule has 2 unspecified atom stereocenters. The van der Waals surface area contributed by atoms with Crippen molar-refractivity contribution in [2.75, 3.05) is 18.0 Å².